The van der Waals surface area contributed by atoms with E-state index >= 15 is 0 Å². The van der Waals surface area contributed by atoms with E-state index in [0.29, 0.717) is 19.6 Å². The van der Waals surface area contributed by atoms with Gasteiger partial charge in [0.15, 0.2) is 0 Å². The second-order valence-corrected chi connectivity index (χ2v) is 4.75. The zero-order valence-electron chi connectivity index (χ0n) is 11.2. The first-order valence-corrected chi connectivity index (χ1v) is 6.56. The predicted molar refractivity (Wildman–Crippen MR) is 69.7 cm³/mol. The van der Waals surface area contributed by atoms with Gasteiger partial charge in [0.05, 0.1) is 6.54 Å². The summed E-state index contributed by atoms with van der Waals surface area (Å²) in [6.07, 6.45) is 2.30. The van der Waals surface area contributed by atoms with Crippen LogP contribution in [-0.2, 0) is 14.4 Å². The molecule has 2 saturated heterocycles. The van der Waals surface area contributed by atoms with Crippen molar-refractivity contribution in [1.82, 2.24) is 14.7 Å². The summed E-state index contributed by atoms with van der Waals surface area (Å²) >= 11 is 0. The van der Waals surface area contributed by atoms with Gasteiger partial charge in [0.25, 0.3) is 5.91 Å². The number of nitrogens with zero attached hydrogens (tertiary/aromatic N) is 4. The molecule has 0 spiro atoms. The summed E-state index contributed by atoms with van der Waals surface area (Å²) in [5, 5.41) is 3.47. The molecule has 2 aliphatic heterocycles. The van der Waals surface area contributed by atoms with Crippen molar-refractivity contribution in [3.63, 3.8) is 0 Å². The van der Waals surface area contributed by atoms with Crippen molar-refractivity contribution < 1.29 is 14.4 Å². The molecule has 2 amide bonds. The van der Waals surface area contributed by atoms with E-state index in [9.17, 15) is 9.59 Å². The fourth-order valence-corrected chi connectivity index (χ4v) is 2.16. The van der Waals surface area contributed by atoms with Crippen molar-refractivity contribution in [2.24, 2.45) is 5.16 Å². The van der Waals surface area contributed by atoms with Crippen LogP contribution in [0.1, 0.15) is 6.42 Å². The number of oxime groups is 1. The van der Waals surface area contributed by atoms with Crippen molar-refractivity contribution in [2.75, 3.05) is 52.9 Å². The Bertz CT molecular complexity index is 360. The van der Waals surface area contributed by atoms with Gasteiger partial charge in [-0.05, 0) is 6.42 Å². The maximum absolute atomic E-state index is 11.8. The van der Waals surface area contributed by atoms with Gasteiger partial charge in [-0.1, -0.05) is 5.16 Å². The van der Waals surface area contributed by atoms with Gasteiger partial charge >= 0.3 is 0 Å². The van der Waals surface area contributed by atoms with Crippen LogP contribution in [0.2, 0.25) is 0 Å². The maximum atomic E-state index is 11.8. The first-order chi connectivity index (χ1) is 9.20. The molecular weight excluding hydrogens is 248 g/mol. The lowest BCUT2D eigenvalue weighted by Crippen LogP contribution is -2.53. The molecule has 2 heterocycles. The average Bonchev–Trinajstić information content (AvgIpc) is 2.34. The molecular formula is C12H20N4O3. The van der Waals surface area contributed by atoms with E-state index in [2.05, 4.69) is 14.9 Å². The molecule has 0 aromatic carbocycles. The maximum Gasteiger partial charge on any atom is 0.268 e. The Morgan fingerprint density at radius 1 is 1.11 bits per heavy atom. The van der Waals surface area contributed by atoms with Crippen LogP contribution in [-0.4, -0.2) is 85.7 Å². The van der Waals surface area contributed by atoms with Crippen LogP contribution < -0.4 is 0 Å². The monoisotopic (exact) mass is 268 g/mol. The van der Waals surface area contributed by atoms with Crippen molar-refractivity contribution in [3.05, 3.63) is 0 Å². The minimum atomic E-state index is -0.143. The third-order valence-corrected chi connectivity index (χ3v) is 3.52. The molecule has 2 fully saturated rings. The van der Waals surface area contributed by atoms with Crippen LogP contribution in [0.15, 0.2) is 5.16 Å². The Hall–Kier alpha value is -1.63. The summed E-state index contributed by atoms with van der Waals surface area (Å²) in [4.78, 5) is 33.6. The molecule has 0 aromatic rings. The molecule has 0 unspecified atom stereocenters. The zero-order valence-corrected chi connectivity index (χ0v) is 11.2. The number of amides is 2. The highest BCUT2D eigenvalue weighted by Gasteiger charge is 2.25. The van der Waals surface area contributed by atoms with Crippen molar-refractivity contribution in [1.29, 1.82) is 0 Å². The van der Waals surface area contributed by atoms with E-state index < -0.39 is 0 Å². The molecule has 19 heavy (non-hydrogen) atoms. The molecule has 0 saturated carbocycles. The molecule has 0 radical (unpaired) electrons. The molecule has 0 N–H and O–H groups in total. The Morgan fingerprint density at radius 2 is 1.79 bits per heavy atom. The highest BCUT2D eigenvalue weighted by atomic mass is 16.6. The topological polar surface area (TPSA) is 65.5 Å². The van der Waals surface area contributed by atoms with Crippen LogP contribution in [0.3, 0.4) is 0 Å². The van der Waals surface area contributed by atoms with E-state index in [4.69, 9.17) is 0 Å². The molecule has 7 nitrogen and oxygen atoms in total. The van der Waals surface area contributed by atoms with Gasteiger partial charge in [-0.2, -0.15) is 0 Å². The van der Waals surface area contributed by atoms with E-state index in [0.717, 1.165) is 32.6 Å². The van der Waals surface area contributed by atoms with Gasteiger partial charge in [0.1, 0.15) is 13.3 Å². The summed E-state index contributed by atoms with van der Waals surface area (Å²) in [5.41, 5.74) is 0. The number of piperazine rings is 1. The van der Waals surface area contributed by atoms with Gasteiger partial charge < -0.3 is 14.6 Å². The normalized spacial score (nSPS) is 20.5. The largest absolute Gasteiger partial charge is 0.399 e. The Morgan fingerprint density at radius 3 is 2.32 bits per heavy atom. The first kappa shape index (κ1) is 13.8. The number of rotatable bonds is 4. The predicted octanol–water partition coefficient (Wildman–Crippen LogP) is -1.00. The van der Waals surface area contributed by atoms with Gasteiger partial charge in [-0.3, -0.25) is 14.5 Å². The van der Waals surface area contributed by atoms with Gasteiger partial charge in [-0.15, -0.1) is 0 Å². The number of hydrogen-bond acceptors (Lipinski definition) is 5. The van der Waals surface area contributed by atoms with Crippen molar-refractivity contribution in [2.45, 2.75) is 6.42 Å². The standard InChI is InChI=1S/C12H20N4O3/c1-19-13-9-11(17)16-7-5-14(6-8-16)10-12(18)15-3-2-4-15/h9H,2-8,10H2,1H3. The van der Waals surface area contributed by atoms with Crippen molar-refractivity contribution >= 4 is 18.0 Å². The quantitative estimate of drug-likeness (QED) is 0.484. The summed E-state index contributed by atoms with van der Waals surface area (Å²) in [5.74, 6) is 0.0579. The second kappa shape index (κ2) is 6.51. The summed E-state index contributed by atoms with van der Waals surface area (Å²) in [6, 6.07) is 0. The Balaban J connectivity index is 1.71. The average molecular weight is 268 g/mol. The molecule has 7 heteroatoms. The summed E-state index contributed by atoms with van der Waals surface area (Å²) in [7, 11) is 1.41. The van der Waals surface area contributed by atoms with Crippen LogP contribution in [0.5, 0.6) is 0 Å². The SMILES string of the molecule is CON=CC(=O)N1CCN(CC(=O)N2CCC2)CC1. The fourth-order valence-electron chi connectivity index (χ4n) is 2.16. The molecule has 2 aliphatic rings. The first-order valence-electron chi connectivity index (χ1n) is 6.56. The van der Waals surface area contributed by atoms with Gasteiger partial charge in [0, 0.05) is 39.3 Å². The lowest BCUT2D eigenvalue weighted by atomic mass is 10.2. The molecule has 0 atom stereocenters. The third-order valence-electron chi connectivity index (χ3n) is 3.52. The number of likely N-dealkylation sites (tertiary alicyclic amines) is 1. The number of carbonyl (C=O) groups excluding carboxylic acids is 2. The molecule has 106 valence electrons. The second-order valence-electron chi connectivity index (χ2n) is 4.75. The van der Waals surface area contributed by atoms with Crippen LogP contribution in [0.25, 0.3) is 0 Å². The van der Waals surface area contributed by atoms with Crippen LogP contribution in [0.4, 0.5) is 0 Å². The lowest BCUT2D eigenvalue weighted by molar-refractivity contribution is -0.136. The van der Waals surface area contributed by atoms with Crippen LogP contribution in [0, 0.1) is 0 Å². The molecule has 2 rings (SSSR count). The highest BCUT2D eigenvalue weighted by molar-refractivity contribution is 6.25. The van der Waals surface area contributed by atoms with E-state index in [-0.39, 0.29) is 11.8 Å². The van der Waals surface area contributed by atoms with E-state index in [1.807, 2.05) is 4.90 Å². The fraction of sp³-hybridized carbons (Fsp3) is 0.750. The van der Waals surface area contributed by atoms with Crippen molar-refractivity contribution in [3.8, 4) is 0 Å². The lowest BCUT2D eigenvalue weighted by Gasteiger charge is -2.36. The van der Waals surface area contributed by atoms with E-state index in [1.165, 1.54) is 13.3 Å². The van der Waals surface area contributed by atoms with Crippen LogP contribution >= 0.6 is 0 Å². The third kappa shape index (κ3) is 3.66. The van der Waals surface area contributed by atoms with Gasteiger partial charge in [-0.25, -0.2) is 0 Å². The summed E-state index contributed by atoms with van der Waals surface area (Å²) < 4.78 is 0. The minimum absolute atomic E-state index is 0.143. The van der Waals surface area contributed by atoms with E-state index in [1.54, 1.807) is 4.90 Å². The minimum Gasteiger partial charge on any atom is -0.399 e. The molecule has 0 aromatic heterocycles. The smallest absolute Gasteiger partial charge is 0.268 e. The Kier molecular flexibility index (Phi) is 4.73. The summed E-state index contributed by atoms with van der Waals surface area (Å²) in [6.45, 7) is 4.96. The number of hydrogen-bond donors (Lipinski definition) is 0. The highest BCUT2D eigenvalue weighted by Crippen LogP contribution is 2.08. The number of carbonyl (C=O) groups is 2. The van der Waals surface area contributed by atoms with Gasteiger partial charge in [0.2, 0.25) is 5.91 Å². The zero-order chi connectivity index (χ0) is 13.7. The molecule has 0 aliphatic carbocycles. The Labute approximate surface area is 112 Å². The molecule has 0 bridgehead atoms.